The number of hydrogen-bond acceptors (Lipinski definition) is 4. The Balaban J connectivity index is 2.14. The molecule has 7 heteroatoms. The molecule has 1 aromatic rings. The Morgan fingerprint density at radius 3 is 2.80 bits per heavy atom. The number of sulfonamides is 1. The molecule has 1 aliphatic carbocycles. The van der Waals surface area contributed by atoms with E-state index in [1.54, 1.807) is 7.11 Å². The fourth-order valence-electron chi connectivity index (χ4n) is 2.39. The first kappa shape index (κ1) is 15.4. The summed E-state index contributed by atoms with van der Waals surface area (Å²) in [4.78, 5) is -0.0381. The molecule has 0 bridgehead atoms. The van der Waals surface area contributed by atoms with Crippen LogP contribution < -0.4 is 4.72 Å². The Morgan fingerprint density at radius 2 is 2.20 bits per heavy atom. The number of aliphatic hydroxyl groups excluding tert-OH is 1. The van der Waals surface area contributed by atoms with Crippen molar-refractivity contribution in [2.75, 3.05) is 7.11 Å². The minimum Gasteiger partial charge on any atom is -0.392 e. The van der Waals surface area contributed by atoms with E-state index < -0.39 is 22.4 Å². The molecule has 20 heavy (non-hydrogen) atoms. The molecule has 2 rings (SSSR count). The maximum Gasteiger partial charge on any atom is 0.240 e. The molecule has 2 N–H and O–H groups in total. The number of benzene rings is 1. The van der Waals surface area contributed by atoms with Gasteiger partial charge in [-0.3, -0.25) is 0 Å². The van der Waals surface area contributed by atoms with Gasteiger partial charge in [-0.2, -0.15) is 0 Å². The molecule has 0 radical (unpaired) electrons. The molecule has 0 saturated heterocycles. The molecule has 0 spiro atoms. The number of nitrogens with one attached hydrogen (secondary N) is 1. The van der Waals surface area contributed by atoms with E-state index in [0.717, 1.165) is 18.6 Å². The van der Waals surface area contributed by atoms with Gasteiger partial charge in [0.2, 0.25) is 10.0 Å². The predicted octanol–water partition coefficient (Wildman–Crippen LogP) is 1.16. The zero-order valence-electron chi connectivity index (χ0n) is 11.2. The van der Waals surface area contributed by atoms with Crippen LogP contribution in [0.25, 0.3) is 0 Å². The Kier molecular flexibility index (Phi) is 4.74. The third-order valence-electron chi connectivity index (χ3n) is 3.54. The van der Waals surface area contributed by atoms with E-state index in [-0.39, 0.29) is 22.6 Å². The van der Waals surface area contributed by atoms with Crippen molar-refractivity contribution < 1.29 is 22.7 Å². The second-order valence-corrected chi connectivity index (χ2v) is 6.61. The van der Waals surface area contributed by atoms with E-state index in [2.05, 4.69) is 4.72 Å². The van der Waals surface area contributed by atoms with Crippen molar-refractivity contribution in [3.05, 3.63) is 29.6 Å². The van der Waals surface area contributed by atoms with Gasteiger partial charge in [-0.05, 0) is 37.5 Å². The van der Waals surface area contributed by atoms with Gasteiger partial charge >= 0.3 is 0 Å². The molecule has 2 atom stereocenters. The van der Waals surface area contributed by atoms with Crippen LogP contribution in [-0.2, 0) is 21.4 Å². The first-order valence-electron chi connectivity index (χ1n) is 6.40. The van der Waals surface area contributed by atoms with E-state index in [1.807, 2.05) is 0 Å². The summed E-state index contributed by atoms with van der Waals surface area (Å²) in [5.74, 6) is -0.619. The minimum absolute atomic E-state index is 0.0333. The number of ether oxygens (including phenoxy) is 1. The monoisotopic (exact) mass is 303 g/mol. The van der Waals surface area contributed by atoms with Gasteiger partial charge in [-0.1, -0.05) is 0 Å². The molecule has 1 fully saturated rings. The molecular formula is C13H18FNO4S. The third kappa shape index (κ3) is 3.35. The molecule has 0 heterocycles. The van der Waals surface area contributed by atoms with Gasteiger partial charge in [0.25, 0.3) is 0 Å². The van der Waals surface area contributed by atoms with Gasteiger partial charge in [-0.25, -0.2) is 17.5 Å². The zero-order valence-corrected chi connectivity index (χ0v) is 12.0. The second-order valence-electron chi connectivity index (χ2n) is 4.90. The lowest BCUT2D eigenvalue weighted by atomic mass is 10.2. The van der Waals surface area contributed by atoms with Crippen LogP contribution in [0.5, 0.6) is 0 Å². The van der Waals surface area contributed by atoms with E-state index in [4.69, 9.17) is 9.84 Å². The van der Waals surface area contributed by atoms with E-state index in [9.17, 15) is 12.8 Å². The summed E-state index contributed by atoms with van der Waals surface area (Å²) in [6.45, 7) is -0.537. The van der Waals surface area contributed by atoms with Crippen molar-refractivity contribution in [3.63, 3.8) is 0 Å². The van der Waals surface area contributed by atoms with Crippen LogP contribution in [0.1, 0.15) is 24.8 Å². The summed E-state index contributed by atoms with van der Waals surface area (Å²) in [5, 5.41) is 8.99. The van der Waals surface area contributed by atoms with E-state index in [0.29, 0.717) is 12.8 Å². The molecule has 2 unspecified atom stereocenters. The molecule has 0 amide bonds. The van der Waals surface area contributed by atoms with Crippen LogP contribution in [0.3, 0.4) is 0 Å². The van der Waals surface area contributed by atoms with Gasteiger partial charge in [0.1, 0.15) is 5.82 Å². The topological polar surface area (TPSA) is 75.6 Å². The average Bonchev–Trinajstić information content (AvgIpc) is 2.86. The summed E-state index contributed by atoms with van der Waals surface area (Å²) < 4.78 is 45.5. The van der Waals surface area contributed by atoms with Crippen LogP contribution in [0.15, 0.2) is 23.1 Å². The summed E-state index contributed by atoms with van der Waals surface area (Å²) in [6.07, 6.45) is 2.23. The van der Waals surface area contributed by atoms with Gasteiger partial charge in [0.05, 0.1) is 17.6 Å². The molecule has 112 valence electrons. The number of aliphatic hydroxyl groups is 1. The Morgan fingerprint density at radius 1 is 1.45 bits per heavy atom. The zero-order chi connectivity index (χ0) is 14.8. The highest BCUT2D eigenvalue weighted by Gasteiger charge is 2.28. The predicted molar refractivity (Wildman–Crippen MR) is 71.1 cm³/mol. The van der Waals surface area contributed by atoms with Gasteiger partial charge in [0.15, 0.2) is 0 Å². The quantitative estimate of drug-likeness (QED) is 0.856. The first-order chi connectivity index (χ1) is 9.46. The van der Waals surface area contributed by atoms with Crippen molar-refractivity contribution in [3.8, 4) is 0 Å². The summed E-state index contributed by atoms with van der Waals surface area (Å²) in [6, 6.07) is 3.22. The van der Waals surface area contributed by atoms with Crippen LogP contribution in [0, 0.1) is 5.82 Å². The fourth-order valence-corrected chi connectivity index (χ4v) is 3.72. The highest BCUT2D eigenvalue weighted by molar-refractivity contribution is 7.89. The SMILES string of the molecule is COC1CCC(NS(=O)(=O)c2ccc(F)c(CO)c2)C1. The highest BCUT2D eigenvalue weighted by atomic mass is 32.2. The molecule has 1 aliphatic rings. The molecule has 0 aliphatic heterocycles. The van der Waals surface area contributed by atoms with Crippen LogP contribution in [-0.4, -0.2) is 32.8 Å². The number of methoxy groups -OCH3 is 1. The van der Waals surface area contributed by atoms with Gasteiger partial charge < -0.3 is 9.84 Å². The lowest BCUT2D eigenvalue weighted by Crippen LogP contribution is -2.33. The second kappa shape index (κ2) is 6.17. The lowest BCUT2D eigenvalue weighted by molar-refractivity contribution is 0.107. The van der Waals surface area contributed by atoms with Crippen molar-refractivity contribution in [1.29, 1.82) is 0 Å². The molecular weight excluding hydrogens is 285 g/mol. The molecule has 5 nitrogen and oxygen atoms in total. The smallest absolute Gasteiger partial charge is 0.240 e. The standard InChI is InChI=1S/C13H18FNO4S/c1-19-11-3-2-10(7-11)15-20(17,18)12-4-5-13(14)9(6-12)8-16/h4-6,10-11,15-16H,2-3,7-8H2,1H3. The molecule has 1 aromatic carbocycles. The van der Waals surface area contributed by atoms with Gasteiger partial charge in [-0.15, -0.1) is 0 Å². The van der Waals surface area contributed by atoms with Crippen LogP contribution in [0.2, 0.25) is 0 Å². The third-order valence-corrected chi connectivity index (χ3v) is 5.06. The Bertz CT molecular complexity index is 576. The van der Waals surface area contributed by atoms with Crippen LogP contribution >= 0.6 is 0 Å². The average molecular weight is 303 g/mol. The van der Waals surface area contributed by atoms with Crippen LogP contribution in [0.4, 0.5) is 4.39 Å². The molecule has 1 saturated carbocycles. The fraction of sp³-hybridized carbons (Fsp3) is 0.538. The number of halogens is 1. The van der Waals surface area contributed by atoms with Gasteiger partial charge in [0, 0.05) is 18.7 Å². The maximum absolute atomic E-state index is 13.3. The van der Waals surface area contributed by atoms with E-state index >= 15 is 0 Å². The summed E-state index contributed by atoms with van der Waals surface area (Å²) in [5.41, 5.74) is -0.0333. The van der Waals surface area contributed by atoms with Crippen molar-refractivity contribution in [1.82, 2.24) is 4.72 Å². The summed E-state index contributed by atoms with van der Waals surface area (Å²) in [7, 11) is -2.10. The number of rotatable bonds is 5. The Labute approximate surface area is 117 Å². The summed E-state index contributed by atoms with van der Waals surface area (Å²) >= 11 is 0. The molecule has 0 aromatic heterocycles. The lowest BCUT2D eigenvalue weighted by Gasteiger charge is -2.14. The highest BCUT2D eigenvalue weighted by Crippen LogP contribution is 2.23. The van der Waals surface area contributed by atoms with E-state index in [1.165, 1.54) is 6.07 Å². The largest absolute Gasteiger partial charge is 0.392 e. The first-order valence-corrected chi connectivity index (χ1v) is 7.89. The Hall–Kier alpha value is -1.02. The van der Waals surface area contributed by atoms with Crippen molar-refractivity contribution in [2.24, 2.45) is 0 Å². The minimum atomic E-state index is -3.71. The van der Waals surface area contributed by atoms with Crippen molar-refractivity contribution >= 4 is 10.0 Å². The maximum atomic E-state index is 13.3. The normalized spacial score (nSPS) is 23.1. The van der Waals surface area contributed by atoms with Crippen molar-refractivity contribution in [2.45, 2.75) is 42.9 Å². The number of hydrogen-bond donors (Lipinski definition) is 2.